The number of anilines is 1. The van der Waals surface area contributed by atoms with Crippen LogP contribution in [0.4, 0.5) is 5.13 Å². The highest BCUT2D eigenvalue weighted by Crippen LogP contribution is 2.23. The molecule has 0 aliphatic carbocycles. The quantitative estimate of drug-likeness (QED) is 0.853. The molecule has 1 aromatic heterocycles. The van der Waals surface area contributed by atoms with E-state index in [4.69, 9.17) is 0 Å². The molecule has 3 heterocycles. The molecule has 0 radical (unpaired) electrons. The van der Waals surface area contributed by atoms with E-state index in [0.29, 0.717) is 18.5 Å². The number of hydrogen-bond donors (Lipinski definition) is 0. The third kappa shape index (κ3) is 3.60. The number of rotatable bonds is 3. The Morgan fingerprint density at radius 2 is 2.05 bits per heavy atom. The normalized spacial score (nSPS) is 23.8. The van der Waals surface area contributed by atoms with Crippen molar-refractivity contribution >= 4 is 22.4 Å². The van der Waals surface area contributed by atoms with Gasteiger partial charge in [-0.05, 0) is 33.1 Å². The summed E-state index contributed by atoms with van der Waals surface area (Å²) in [6.07, 6.45) is 5.51. The van der Waals surface area contributed by atoms with E-state index in [1.807, 2.05) is 6.20 Å². The Balaban J connectivity index is 1.48. The summed E-state index contributed by atoms with van der Waals surface area (Å²) in [5.41, 5.74) is 0. The van der Waals surface area contributed by atoms with Gasteiger partial charge in [0.05, 0.1) is 6.54 Å². The molecule has 122 valence electrons. The van der Waals surface area contributed by atoms with Crippen LogP contribution in [0.25, 0.3) is 0 Å². The Hall–Kier alpha value is -1.14. The molecule has 0 bridgehead atoms. The van der Waals surface area contributed by atoms with Gasteiger partial charge in [-0.2, -0.15) is 0 Å². The molecule has 1 atom stereocenters. The third-order valence-corrected chi connectivity index (χ3v) is 5.71. The summed E-state index contributed by atoms with van der Waals surface area (Å²) < 4.78 is 0. The molecule has 2 saturated heterocycles. The fraction of sp³-hybridized carbons (Fsp3) is 0.750. The molecule has 1 aromatic rings. The predicted molar refractivity (Wildman–Crippen MR) is 90.5 cm³/mol. The molecule has 6 heteroatoms. The van der Waals surface area contributed by atoms with Crippen molar-refractivity contribution in [2.45, 2.75) is 39.2 Å². The van der Waals surface area contributed by atoms with Gasteiger partial charge in [0, 0.05) is 49.8 Å². The first-order valence-corrected chi connectivity index (χ1v) is 9.14. The van der Waals surface area contributed by atoms with Gasteiger partial charge in [0.15, 0.2) is 5.13 Å². The number of carbonyl (C=O) groups excluding carboxylic acids is 1. The largest absolute Gasteiger partial charge is 0.346 e. The number of piperazine rings is 1. The van der Waals surface area contributed by atoms with Crippen LogP contribution in [0.3, 0.4) is 0 Å². The Labute approximate surface area is 136 Å². The monoisotopic (exact) mass is 322 g/mol. The number of nitrogens with zero attached hydrogens (tertiary/aromatic N) is 4. The van der Waals surface area contributed by atoms with Gasteiger partial charge in [-0.25, -0.2) is 4.98 Å². The topological polar surface area (TPSA) is 39.7 Å². The predicted octanol–water partition coefficient (Wildman–Crippen LogP) is 1.97. The molecule has 5 nitrogen and oxygen atoms in total. The lowest BCUT2D eigenvalue weighted by atomic mass is 10.0. The summed E-state index contributed by atoms with van der Waals surface area (Å²) >= 11 is 1.75. The molecular weight excluding hydrogens is 296 g/mol. The lowest BCUT2D eigenvalue weighted by Crippen LogP contribution is -2.52. The van der Waals surface area contributed by atoms with E-state index in [9.17, 15) is 4.79 Å². The third-order valence-electron chi connectivity index (χ3n) is 4.73. The zero-order valence-electron chi connectivity index (χ0n) is 13.6. The zero-order valence-corrected chi connectivity index (χ0v) is 14.4. The van der Waals surface area contributed by atoms with Crippen LogP contribution in [0.5, 0.6) is 0 Å². The van der Waals surface area contributed by atoms with Crippen molar-refractivity contribution in [3.8, 4) is 0 Å². The van der Waals surface area contributed by atoms with Gasteiger partial charge in [0.25, 0.3) is 0 Å². The van der Waals surface area contributed by atoms with E-state index in [-0.39, 0.29) is 0 Å². The summed E-state index contributed by atoms with van der Waals surface area (Å²) in [7, 11) is 0. The van der Waals surface area contributed by atoms with Crippen LogP contribution in [0, 0.1) is 6.92 Å². The number of thiazole rings is 1. The lowest BCUT2D eigenvalue weighted by molar-refractivity contribution is -0.135. The number of aromatic nitrogens is 1. The summed E-state index contributed by atoms with van der Waals surface area (Å²) in [6.45, 7) is 9.63. The molecule has 0 spiro atoms. The van der Waals surface area contributed by atoms with Crippen LogP contribution < -0.4 is 4.90 Å². The maximum atomic E-state index is 12.5. The van der Waals surface area contributed by atoms with Crippen molar-refractivity contribution in [2.24, 2.45) is 0 Å². The van der Waals surface area contributed by atoms with Gasteiger partial charge in [-0.1, -0.05) is 0 Å². The molecule has 0 saturated carbocycles. The van der Waals surface area contributed by atoms with Crippen LogP contribution >= 0.6 is 11.3 Å². The minimum atomic E-state index is 0.311. The highest BCUT2D eigenvalue weighted by molar-refractivity contribution is 7.15. The molecule has 3 rings (SSSR count). The summed E-state index contributed by atoms with van der Waals surface area (Å²) in [6, 6.07) is 0.417. The highest BCUT2D eigenvalue weighted by Gasteiger charge is 2.26. The van der Waals surface area contributed by atoms with Crippen LogP contribution in [-0.2, 0) is 4.79 Å². The van der Waals surface area contributed by atoms with Crippen molar-refractivity contribution in [3.05, 3.63) is 11.1 Å². The Morgan fingerprint density at radius 1 is 1.27 bits per heavy atom. The SMILES string of the molecule is Cc1cnc(N2CCN(CC(=O)N3CCCCC3C)CC2)s1. The first kappa shape index (κ1) is 15.7. The van der Waals surface area contributed by atoms with Crippen molar-refractivity contribution in [3.63, 3.8) is 0 Å². The smallest absolute Gasteiger partial charge is 0.236 e. The summed E-state index contributed by atoms with van der Waals surface area (Å²) in [5.74, 6) is 0.311. The molecule has 1 unspecified atom stereocenters. The average Bonchev–Trinajstić information content (AvgIpc) is 2.95. The second-order valence-corrected chi connectivity index (χ2v) is 7.66. The zero-order chi connectivity index (χ0) is 15.5. The van der Waals surface area contributed by atoms with Crippen LogP contribution in [0.2, 0.25) is 0 Å². The minimum absolute atomic E-state index is 0.311. The fourth-order valence-electron chi connectivity index (χ4n) is 3.34. The summed E-state index contributed by atoms with van der Waals surface area (Å²) in [4.78, 5) is 24.9. The standard InChI is InChI=1S/C16H26N4OS/c1-13-5-3-4-6-20(13)15(21)12-18-7-9-19(10-8-18)16-17-11-14(2)22-16/h11,13H,3-10,12H2,1-2H3. The molecule has 1 amide bonds. The number of carbonyl (C=O) groups is 1. The average molecular weight is 322 g/mol. The maximum absolute atomic E-state index is 12.5. The molecule has 2 aliphatic rings. The van der Waals surface area contributed by atoms with Crippen LogP contribution in [-0.4, -0.2) is 66.0 Å². The van der Waals surface area contributed by atoms with E-state index in [1.165, 1.54) is 11.3 Å². The van der Waals surface area contributed by atoms with Gasteiger partial charge in [-0.15, -0.1) is 11.3 Å². The maximum Gasteiger partial charge on any atom is 0.236 e. The molecule has 0 N–H and O–H groups in total. The highest BCUT2D eigenvalue weighted by atomic mass is 32.1. The van der Waals surface area contributed by atoms with E-state index >= 15 is 0 Å². The van der Waals surface area contributed by atoms with E-state index in [0.717, 1.165) is 50.7 Å². The number of piperidine rings is 1. The fourth-order valence-corrected chi connectivity index (χ4v) is 4.15. The van der Waals surface area contributed by atoms with E-state index in [2.05, 4.69) is 33.5 Å². The van der Waals surface area contributed by atoms with Crippen molar-refractivity contribution in [1.82, 2.24) is 14.8 Å². The molecular formula is C16H26N4OS. The van der Waals surface area contributed by atoms with Gasteiger partial charge in [-0.3, -0.25) is 9.69 Å². The molecule has 2 fully saturated rings. The van der Waals surface area contributed by atoms with Crippen molar-refractivity contribution in [1.29, 1.82) is 0 Å². The van der Waals surface area contributed by atoms with Gasteiger partial charge < -0.3 is 9.80 Å². The first-order chi connectivity index (χ1) is 10.6. The van der Waals surface area contributed by atoms with Gasteiger partial charge in [0.2, 0.25) is 5.91 Å². The molecule has 22 heavy (non-hydrogen) atoms. The molecule has 2 aliphatic heterocycles. The Morgan fingerprint density at radius 3 is 2.68 bits per heavy atom. The van der Waals surface area contributed by atoms with E-state index < -0.39 is 0 Å². The first-order valence-electron chi connectivity index (χ1n) is 8.32. The second kappa shape index (κ2) is 6.96. The Kier molecular flexibility index (Phi) is 4.98. The molecule has 0 aromatic carbocycles. The lowest BCUT2D eigenvalue weighted by Gasteiger charge is -2.38. The van der Waals surface area contributed by atoms with E-state index in [1.54, 1.807) is 11.3 Å². The van der Waals surface area contributed by atoms with Crippen molar-refractivity contribution in [2.75, 3.05) is 44.2 Å². The number of likely N-dealkylation sites (tertiary alicyclic amines) is 1. The van der Waals surface area contributed by atoms with Gasteiger partial charge >= 0.3 is 0 Å². The van der Waals surface area contributed by atoms with Gasteiger partial charge in [0.1, 0.15) is 0 Å². The number of aryl methyl sites for hydroxylation is 1. The van der Waals surface area contributed by atoms with Crippen molar-refractivity contribution < 1.29 is 4.79 Å². The number of amides is 1. The van der Waals surface area contributed by atoms with Crippen LogP contribution in [0.1, 0.15) is 31.1 Å². The second-order valence-electron chi connectivity index (χ2n) is 6.45. The minimum Gasteiger partial charge on any atom is -0.346 e. The Bertz CT molecular complexity index is 510. The van der Waals surface area contributed by atoms with Crippen LogP contribution in [0.15, 0.2) is 6.20 Å². The summed E-state index contributed by atoms with van der Waals surface area (Å²) in [5, 5.41) is 1.12. The number of hydrogen-bond acceptors (Lipinski definition) is 5.